The fourth-order valence-electron chi connectivity index (χ4n) is 3.75. The zero-order valence-electron chi connectivity index (χ0n) is 15.8. The number of benzene rings is 3. The second kappa shape index (κ2) is 6.90. The molecule has 0 aliphatic heterocycles. The van der Waals surface area contributed by atoms with Crippen molar-refractivity contribution in [2.45, 2.75) is 13.5 Å². The van der Waals surface area contributed by atoms with Crippen molar-refractivity contribution in [3.8, 4) is 11.3 Å². The van der Waals surface area contributed by atoms with Crippen LogP contribution in [0.2, 0.25) is 5.02 Å². The van der Waals surface area contributed by atoms with Crippen molar-refractivity contribution < 1.29 is 0 Å². The van der Waals surface area contributed by atoms with E-state index in [2.05, 4.69) is 23.6 Å². The van der Waals surface area contributed by atoms with E-state index in [0.717, 1.165) is 16.6 Å². The van der Waals surface area contributed by atoms with E-state index in [0.29, 0.717) is 23.0 Å². The van der Waals surface area contributed by atoms with Crippen LogP contribution in [0.3, 0.4) is 0 Å². The van der Waals surface area contributed by atoms with Gasteiger partial charge in [-0.3, -0.25) is 4.79 Å². The first-order valence-corrected chi connectivity index (χ1v) is 9.81. The Bertz CT molecular complexity index is 1410. The Hall–Kier alpha value is -3.37. The van der Waals surface area contributed by atoms with Crippen LogP contribution >= 0.6 is 11.6 Å². The molecule has 0 aliphatic rings. The van der Waals surface area contributed by atoms with Crippen molar-refractivity contribution >= 4 is 28.4 Å². The van der Waals surface area contributed by atoms with Crippen molar-refractivity contribution in [1.82, 2.24) is 14.0 Å². The largest absolute Gasteiger partial charge is 0.305 e. The summed E-state index contributed by atoms with van der Waals surface area (Å²) in [6.45, 7) is 2.74. The molecule has 0 saturated heterocycles. The molecule has 4 nitrogen and oxygen atoms in total. The van der Waals surface area contributed by atoms with Gasteiger partial charge in [0.2, 0.25) is 5.78 Å². The Kier molecular flexibility index (Phi) is 4.22. The van der Waals surface area contributed by atoms with Crippen molar-refractivity contribution in [3.63, 3.8) is 0 Å². The molecule has 0 radical (unpaired) electrons. The van der Waals surface area contributed by atoms with Gasteiger partial charge in [0.1, 0.15) is 0 Å². The van der Waals surface area contributed by atoms with E-state index in [1.165, 1.54) is 11.1 Å². The first-order valence-electron chi connectivity index (χ1n) is 9.43. The Morgan fingerprint density at radius 1 is 0.897 bits per heavy atom. The predicted molar refractivity (Wildman–Crippen MR) is 118 cm³/mol. The van der Waals surface area contributed by atoms with Crippen molar-refractivity contribution in [2.75, 3.05) is 0 Å². The molecule has 5 rings (SSSR count). The molecule has 0 unspecified atom stereocenters. The Morgan fingerprint density at radius 3 is 2.34 bits per heavy atom. The van der Waals surface area contributed by atoms with Crippen LogP contribution < -0.4 is 5.56 Å². The molecule has 0 spiro atoms. The van der Waals surface area contributed by atoms with E-state index >= 15 is 0 Å². The van der Waals surface area contributed by atoms with Crippen molar-refractivity contribution in [2.24, 2.45) is 0 Å². The summed E-state index contributed by atoms with van der Waals surface area (Å²) < 4.78 is 3.80. The van der Waals surface area contributed by atoms with E-state index in [1.807, 2.05) is 60.7 Å². The quantitative estimate of drug-likeness (QED) is 0.411. The summed E-state index contributed by atoms with van der Waals surface area (Å²) in [6.07, 6.45) is 0. The molecule has 0 bridgehead atoms. The van der Waals surface area contributed by atoms with Gasteiger partial charge in [0.15, 0.2) is 0 Å². The number of aryl methyl sites for hydroxylation is 1. The van der Waals surface area contributed by atoms with Gasteiger partial charge >= 0.3 is 0 Å². The standard InChI is InChI=1S/C24H18ClN3O/c1-16-6-2-3-7-18(16)15-27-21-8-4-5-9-22(21)28-23(29)14-20(26-24(27)28)17-10-12-19(25)13-11-17/h2-14H,15H2,1H3. The van der Waals surface area contributed by atoms with Crippen LogP contribution in [0.5, 0.6) is 0 Å². The van der Waals surface area contributed by atoms with Crippen LogP contribution in [0.15, 0.2) is 83.7 Å². The molecule has 2 heterocycles. The molecule has 0 aliphatic carbocycles. The highest BCUT2D eigenvalue weighted by Crippen LogP contribution is 2.24. The van der Waals surface area contributed by atoms with Gasteiger partial charge < -0.3 is 4.57 Å². The molecule has 5 aromatic rings. The predicted octanol–water partition coefficient (Wildman–Crippen LogP) is 5.33. The van der Waals surface area contributed by atoms with E-state index in [4.69, 9.17) is 16.6 Å². The maximum absolute atomic E-state index is 13.1. The van der Waals surface area contributed by atoms with Gasteiger partial charge in [-0.1, -0.05) is 60.1 Å². The van der Waals surface area contributed by atoms with Gasteiger partial charge in [-0.15, -0.1) is 0 Å². The molecule has 2 aromatic heterocycles. The zero-order valence-corrected chi connectivity index (χ0v) is 16.6. The number of rotatable bonds is 3. The third-order valence-corrected chi connectivity index (χ3v) is 5.54. The molecule has 0 saturated carbocycles. The van der Waals surface area contributed by atoms with Crippen LogP contribution in [0.1, 0.15) is 11.1 Å². The lowest BCUT2D eigenvalue weighted by atomic mass is 10.1. The number of imidazole rings is 1. The summed E-state index contributed by atoms with van der Waals surface area (Å²) in [5.74, 6) is 0.631. The Morgan fingerprint density at radius 2 is 1.59 bits per heavy atom. The minimum atomic E-state index is -0.0975. The maximum Gasteiger partial charge on any atom is 0.260 e. The molecule has 0 atom stereocenters. The summed E-state index contributed by atoms with van der Waals surface area (Å²) in [5, 5.41) is 0.653. The number of aromatic nitrogens is 3. The number of fused-ring (bicyclic) bond motifs is 3. The lowest BCUT2D eigenvalue weighted by Crippen LogP contribution is -2.15. The van der Waals surface area contributed by atoms with E-state index in [-0.39, 0.29) is 5.56 Å². The summed E-state index contributed by atoms with van der Waals surface area (Å²) in [5.41, 5.74) is 5.65. The number of nitrogens with zero attached hydrogens (tertiary/aromatic N) is 3. The maximum atomic E-state index is 13.1. The third-order valence-electron chi connectivity index (χ3n) is 5.29. The van der Waals surface area contributed by atoms with Crippen LogP contribution in [0, 0.1) is 6.92 Å². The second-order valence-electron chi connectivity index (χ2n) is 7.12. The molecular weight excluding hydrogens is 382 g/mol. The van der Waals surface area contributed by atoms with Crippen LogP contribution in [-0.4, -0.2) is 14.0 Å². The van der Waals surface area contributed by atoms with Crippen molar-refractivity contribution in [3.05, 3.63) is 105 Å². The smallest absolute Gasteiger partial charge is 0.260 e. The summed E-state index contributed by atoms with van der Waals surface area (Å²) in [6, 6.07) is 25.2. The molecule has 142 valence electrons. The Labute approximate surface area is 172 Å². The van der Waals surface area contributed by atoms with E-state index < -0.39 is 0 Å². The van der Waals surface area contributed by atoms with E-state index in [9.17, 15) is 4.79 Å². The third kappa shape index (κ3) is 3.02. The first kappa shape index (κ1) is 17.7. The lowest BCUT2D eigenvalue weighted by Gasteiger charge is -2.09. The molecule has 0 fully saturated rings. The highest BCUT2D eigenvalue weighted by molar-refractivity contribution is 6.30. The number of para-hydroxylation sites is 2. The average molecular weight is 400 g/mol. The average Bonchev–Trinajstić information content (AvgIpc) is 3.04. The van der Waals surface area contributed by atoms with Gasteiger partial charge in [-0.05, 0) is 42.3 Å². The fourth-order valence-corrected chi connectivity index (χ4v) is 3.88. The van der Waals surface area contributed by atoms with Crippen LogP contribution in [-0.2, 0) is 6.54 Å². The molecular formula is C24H18ClN3O. The molecule has 3 aromatic carbocycles. The van der Waals surface area contributed by atoms with Gasteiger partial charge in [0.05, 0.1) is 23.3 Å². The molecule has 0 N–H and O–H groups in total. The monoisotopic (exact) mass is 399 g/mol. The topological polar surface area (TPSA) is 39.3 Å². The molecule has 29 heavy (non-hydrogen) atoms. The summed E-state index contributed by atoms with van der Waals surface area (Å²) in [4.78, 5) is 18.0. The van der Waals surface area contributed by atoms with Gasteiger partial charge in [0, 0.05) is 16.7 Å². The second-order valence-corrected chi connectivity index (χ2v) is 7.56. The fraction of sp³-hybridized carbons (Fsp3) is 0.0833. The summed E-state index contributed by atoms with van der Waals surface area (Å²) in [7, 11) is 0. The highest BCUT2D eigenvalue weighted by atomic mass is 35.5. The van der Waals surface area contributed by atoms with Crippen molar-refractivity contribution in [1.29, 1.82) is 0 Å². The molecule has 5 heteroatoms. The van der Waals surface area contributed by atoms with Gasteiger partial charge in [-0.2, -0.15) is 0 Å². The molecule has 0 amide bonds. The highest BCUT2D eigenvalue weighted by Gasteiger charge is 2.15. The minimum Gasteiger partial charge on any atom is -0.305 e. The Balaban J connectivity index is 1.80. The number of hydrogen-bond acceptors (Lipinski definition) is 2. The minimum absolute atomic E-state index is 0.0975. The lowest BCUT2D eigenvalue weighted by molar-refractivity contribution is 0.828. The van der Waals surface area contributed by atoms with E-state index in [1.54, 1.807) is 10.5 Å². The normalized spacial score (nSPS) is 11.4. The SMILES string of the molecule is Cc1ccccc1Cn1c2ccccc2n2c(=O)cc(-c3ccc(Cl)cc3)nc12. The van der Waals surface area contributed by atoms with Gasteiger partial charge in [0.25, 0.3) is 5.56 Å². The zero-order chi connectivity index (χ0) is 20.0. The summed E-state index contributed by atoms with van der Waals surface area (Å²) >= 11 is 6.02. The van der Waals surface area contributed by atoms with Crippen LogP contribution in [0.25, 0.3) is 28.1 Å². The first-order chi connectivity index (χ1) is 14.1. The number of hydrogen-bond donors (Lipinski definition) is 0. The van der Waals surface area contributed by atoms with Gasteiger partial charge in [-0.25, -0.2) is 9.38 Å². The van der Waals surface area contributed by atoms with Crippen LogP contribution in [0.4, 0.5) is 0 Å². The number of halogens is 1.